The van der Waals surface area contributed by atoms with Crippen LogP contribution in [0.25, 0.3) is 0 Å². The monoisotopic (exact) mass is 405 g/mol. The van der Waals surface area contributed by atoms with Crippen LogP contribution in [-0.2, 0) is 0 Å². The van der Waals surface area contributed by atoms with E-state index in [0.717, 1.165) is 6.42 Å². The molecule has 2 aromatic rings. The molecule has 1 heterocycles. The van der Waals surface area contributed by atoms with Crippen LogP contribution in [0.2, 0.25) is 0 Å². The van der Waals surface area contributed by atoms with Crippen LogP contribution < -0.4 is 5.32 Å². The van der Waals surface area contributed by atoms with Crippen LogP contribution in [-0.4, -0.2) is 0 Å². The van der Waals surface area contributed by atoms with Crippen molar-refractivity contribution >= 4 is 28.3 Å². The smallest absolute Gasteiger partial charge is 0.123 e. The molecule has 1 N–H and O–H groups in total. The molecule has 0 aromatic heterocycles. The van der Waals surface area contributed by atoms with Gasteiger partial charge in [0.15, 0.2) is 0 Å². The van der Waals surface area contributed by atoms with Crippen molar-refractivity contribution in [1.82, 2.24) is 0 Å². The number of anilines is 1. The van der Waals surface area contributed by atoms with E-state index in [0.29, 0.717) is 11.8 Å². The summed E-state index contributed by atoms with van der Waals surface area (Å²) in [7, 11) is 0. The zero-order chi connectivity index (χ0) is 15.3. The Hall–Kier alpha value is -1.36. The maximum Gasteiger partial charge on any atom is 0.123 e. The van der Waals surface area contributed by atoms with Crippen molar-refractivity contribution in [1.29, 1.82) is 0 Å². The van der Waals surface area contributed by atoms with Crippen LogP contribution in [0.5, 0.6) is 0 Å². The first-order chi connectivity index (χ1) is 10.6. The SMILES string of the molecule is Cc1cc(I)cc2c1N[C@H](c1ccc(F)cc1)[C@H]1CC=C[C@H]21. The molecule has 0 unspecified atom stereocenters. The maximum atomic E-state index is 13.2. The van der Waals surface area contributed by atoms with Crippen LogP contribution in [0.15, 0.2) is 48.6 Å². The minimum atomic E-state index is -0.174. The molecule has 2 aromatic carbocycles. The number of aryl methyl sites for hydroxylation is 1. The summed E-state index contributed by atoms with van der Waals surface area (Å²) in [4.78, 5) is 0. The molecule has 0 saturated heterocycles. The molecule has 0 radical (unpaired) electrons. The van der Waals surface area contributed by atoms with Crippen LogP contribution >= 0.6 is 22.6 Å². The number of allylic oxidation sites excluding steroid dienone is 2. The lowest BCUT2D eigenvalue weighted by molar-refractivity contribution is 0.424. The first-order valence-corrected chi connectivity index (χ1v) is 8.70. The third kappa shape index (κ3) is 2.26. The molecule has 3 atom stereocenters. The van der Waals surface area contributed by atoms with Crippen molar-refractivity contribution in [2.75, 3.05) is 5.32 Å². The topological polar surface area (TPSA) is 12.0 Å². The maximum absolute atomic E-state index is 13.2. The van der Waals surface area contributed by atoms with E-state index in [2.05, 4.69) is 59.1 Å². The van der Waals surface area contributed by atoms with Crippen molar-refractivity contribution in [3.05, 3.63) is 74.6 Å². The number of fused-ring (bicyclic) bond motifs is 3. The van der Waals surface area contributed by atoms with E-state index in [1.807, 2.05) is 12.1 Å². The Bertz CT molecular complexity index is 751. The largest absolute Gasteiger partial charge is 0.377 e. The molecule has 0 spiro atoms. The molecule has 4 rings (SSSR count). The van der Waals surface area contributed by atoms with Gasteiger partial charge in [-0.2, -0.15) is 0 Å². The molecule has 3 heteroatoms. The molecule has 112 valence electrons. The van der Waals surface area contributed by atoms with Crippen LogP contribution in [0.4, 0.5) is 10.1 Å². The highest BCUT2D eigenvalue weighted by atomic mass is 127. The highest BCUT2D eigenvalue weighted by Gasteiger charge is 2.38. The van der Waals surface area contributed by atoms with Gasteiger partial charge < -0.3 is 5.32 Å². The van der Waals surface area contributed by atoms with Gasteiger partial charge in [-0.05, 0) is 82.8 Å². The minimum absolute atomic E-state index is 0.174. The lowest BCUT2D eigenvalue weighted by Gasteiger charge is -2.38. The predicted octanol–water partition coefficient (Wildman–Crippen LogP) is 5.57. The van der Waals surface area contributed by atoms with Crippen molar-refractivity contribution in [3.8, 4) is 0 Å². The zero-order valence-corrected chi connectivity index (χ0v) is 14.5. The molecule has 22 heavy (non-hydrogen) atoms. The third-order valence-corrected chi connectivity index (χ3v) is 5.48. The van der Waals surface area contributed by atoms with Gasteiger partial charge in [0.2, 0.25) is 0 Å². The summed E-state index contributed by atoms with van der Waals surface area (Å²) < 4.78 is 14.5. The number of hydrogen-bond acceptors (Lipinski definition) is 1. The summed E-state index contributed by atoms with van der Waals surface area (Å²) >= 11 is 2.39. The predicted molar refractivity (Wildman–Crippen MR) is 96.6 cm³/mol. The summed E-state index contributed by atoms with van der Waals surface area (Å²) in [5, 5.41) is 3.73. The molecular formula is C19H17FIN. The summed E-state index contributed by atoms with van der Waals surface area (Å²) in [5.74, 6) is 0.794. The van der Waals surface area contributed by atoms with Gasteiger partial charge in [0.05, 0.1) is 6.04 Å². The Morgan fingerprint density at radius 1 is 1.18 bits per heavy atom. The first kappa shape index (κ1) is 14.2. The number of rotatable bonds is 1. The van der Waals surface area contributed by atoms with Gasteiger partial charge in [-0.1, -0.05) is 24.3 Å². The van der Waals surface area contributed by atoms with Crippen molar-refractivity contribution < 1.29 is 4.39 Å². The van der Waals surface area contributed by atoms with Gasteiger partial charge in [-0.25, -0.2) is 4.39 Å². The molecule has 0 saturated carbocycles. The Morgan fingerprint density at radius 3 is 2.73 bits per heavy atom. The van der Waals surface area contributed by atoms with E-state index >= 15 is 0 Å². The van der Waals surface area contributed by atoms with Crippen molar-refractivity contribution in [2.45, 2.75) is 25.3 Å². The van der Waals surface area contributed by atoms with Crippen molar-refractivity contribution in [3.63, 3.8) is 0 Å². The van der Waals surface area contributed by atoms with Gasteiger partial charge in [-0.15, -0.1) is 0 Å². The Balaban J connectivity index is 1.82. The van der Waals surface area contributed by atoms with Crippen LogP contribution in [0.3, 0.4) is 0 Å². The van der Waals surface area contributed by atoms with E-state index in [9.17, 15) is 4.39 Å². The second-order valence-electron chi connectivity index (χ2n) is 6.21. The van der Waals surface area contributed by atoms with E-state index in [-0.39, 0.29) is 11.9 Å². The summed E-state index contributed by atoms with van der Waals surface area (Å²) in [5.41, 5.74) is 5.11. The molecule has 1 nitrogen and oxygen atoms in total. The Kier molecular flexibility index (Phi) is 3.48. The van der Waals surface area contributed by atoms with Crippen molar-refractivity contribution in [2.24, 2.45) is 5.92 Å². The van der Waals surface area contributed by atoms with Crippen LogP contribution in [0.1, 0.15) is 35.1 Å². The molecule has 0 amide bonds. The zero-order valence-electron chi connectivity index (χ0n) is 12.3. The molecular weight excluding hydrogens is 388 g/mol. The fourth-order valence-corrected chi connectivity index (χ4v) is 4.64. The fourth-order valence-electron chi connectivity index (χ4n) is 3.84. The Labute approximate surface area is 143 Å². The second kappa shape index (κ2) is 5.37. The molecule has 0 bridgehead atoms. The highest BCUT2D eigenvalue weighted by Crippen LogP contribution is 2.50. The number of halogens is 2. The lowest BCUT2D eigenvalue weighted by Crippen LogP contribution is -2.29. The average Bonchev–Trinajstić information content (AvgIpc) is 2.97. The van der Waals surface area contributed by atoms with Crippen LogP contribution in [0, 0.1) is 22.2 Å². The van der Waals surface area contributed by atoms with E-state index in [4.69, 9.17) is 0 Å². The quantitative estimate of drug-likeness (QED) is 0.484. The molecule has 1 aliphatic carbocycles. The second-order valence-corrected chi connectivity index (χ2v) is 7.46. The number of benzene rings is 2. The fraction of sp³-hybridized carbons (Fsp3) is 0.263. The van der Waals surface area contributed by atoms with Gasteiger partial charge in [-0.3, -0.25) is 0 Å². The highest BCUT2D eigenvalue weighted by molar-refractivity contribution is 14.1. The lowest BCUT2D eigenvalue weighted by atomic mass is 9.76. The summed E-state index contributed by atoms with van der Waals surface area (Å²) in [6.07, 6.45) is 5.71. The summed E-state index contributed by atoms with van der Waals surface area (Å²) in [6, 6.07) is 11.7. The normalized spacial score (nSPS) is 25.5. The van der Waals surface area contributed by atoms with Gasteiger partial charge in [0.25, 0.3) is 0 Å². The average molecular weight is 405 g/mol. The number of hydrogen-bond donors (Lipinski definition) is 1. The third-order valence-electron chi connectivity index (χ3n) is 4.86. The van der Waals surface area contributed by atoms with Gasteiger partial charge in [0, 0.05) is 15.2 Å². The standard InChI is InChI=1S/C19H17FIN/c1-11-9-14(21)10-17-15-3-2-4-16(15)19(22-18(11)17)12-5-7-13(20)8-6-12/h2-3,5-10,15-16,19,22H,4H2,1H3/t15-,16-,19+/m0/s1. The first-order valence-electron chi connectivity index (χ1n) is 7.62. The van der Waals surface area contributed by atoms with E-state index in [1.165, 1.54) is 25.9 Å². The Morgan fingerprint density at radius 2 is 1.95 bits per heavy atom. The minimum Gasteiger partial charge on any atom is -0.377 e. The molecule has 0 fully saturated rings. The van der Waals surface area contributed by atoms with Gasteiger partial charge >= 0.3 is 0 Å². The van der Waals surface area contributed by atoms with E-state index < -0.39 is 0 Å². The van der Waals surface area contributed by atoms with Gasteiger partial charge in [0.1, 0.15) is 5.82 Å². The molecule has 2 aliphatic rings. The summed E-state index contributed by atoms with van der Waals surface area (Å²) in [6.45, 7) is 2.16. The number of nitrogens with one attached hydrogen (secondary N) is 1. The van der Waals surface area contributed by atoms with E-state index in [1.54, 1.807) is 12.1 Å². The molecule has 1 aliphatic heterocycles.